The summed E-state index contributed by atoms with van der Waals surface area (Å²) in [6.07, 6.45) is 2.42. The van der Waals surface area contributed by atoms with Gasteiger partial charge in [0.25, 0.3) is 11.1 Å². The number of nitrogens with zero attached hydrogens (tertiary/aromatic N) is 2. The highest BCUT2D eigenvalue weighted by atomic mass is 79.9. The molecular formula is C28H23BrN2O4S. The third kappa shape index (κ3) is 5.39. The van der Waals surface area contributed by atoms with E-state index in [1.807, 2.05) is 66.7 Å². The van der Waals surface area contributed by atoms with E-state index >= 15 is 0 Å². The van der Waals surface area contributed by atoms with Crippen LogP contribution in [0.15, 0.2) is 82.2 Å². The Morgan fingerprint density at radius 2 is 1.69 bits per heavy atom. The van der Waals surface area contributed by atoms with Crippen LogP contribution in [-0.4, -0.2) is 39.9 Å². The van der Waals surface area contributed by atoms with E-state index in [2.05, 4.69) is 22.0 Å². The average Bonchev–Trinajstić information content (AvgIpc) is 3.16. The van der Waals surface area contributed by atoms with Crippen LogP contribution in [0.4, 0.5) is 4.79 Å². The number of thioether (sulfide) groups is 1. The molecule has 3 amide bonds. The summed E-state index contributed by atoms with van der Waals surface area (Å²) >= 11 is 4.27. The predicted octanol–water partition coefficient (Wildman–Crippen LogP) is 5.65. The lowest BCUT2D eigenvalue weighted by atomic mass is 10.00. The summed E-state index contributed by atoms with van der Waals surface area (Å²) in [5.74, 6) is -0.0833. The van der Waals surface area contributed by atoms with E-state index in [9.17, 15) is 14.4 Å². The Morgan fingerprint density at radius 1 is 0.972 bits per heavy atom. The monoisotopic (exact) mass is 562 g/mol. The fourth-order valence-corrected chi connectivity index (χ4v) is 5.29. The standard InChI is InChI=1S/C28H23BrN2O4S/c29-23-11-9-19(10-12-23)18-35-24-8-4-3-6-21(24)15-25-27(33)31(28(34)36-25)17-26(32)30-14-13-20-5-1-2-7-22(20)16-30/h1-12,15H,13-14,16-18H2/b25-15-. The van der Waals surface area contributed by atoms with Crippen molar-refractivity contribution >= 4 is 50.8 Å². The lowest BCUT2D eigenvalue weighted by Crippen LogP contribution is -2.44. The number of hydrogen-bond donors (Lipinski definition) is 0. The summed E-state index contributed by atoms with van der Waals surface area (Å²) in [5, 5.41) is -0.440. The summed E-state index contributed by atoms with van der Waals surface area (Å²) in [6, 6.07) is 23.2. The molecule has 0 bridgehead atoms. The van der Waals surface area contributed by atoms with Crippen molar-refractivity contribution in [2.75, 3.05) is 13.1 Å². The van der Waals surface area contributed by atoms with Crippen molar-refractivity contribution in [3.63, 3.8) is 0 Å². The Kier molecular flexibility index (Phi) is 7.25. The minimum absolute atomic E-state index is 0.230. The second-order valence-electron chi connectivity index (χ2n) is 8.55. The maximum Gasteiger partial charge on any atom is 0.294 e. The van der Waals surface area contributed by atoms with Gasteiger partial charge in [-0.3, -0.25) is 19.3 Å². The molecule has 2 aliphatic heterocycles. The van der Waals surface area contributed by atoms with Gasteiger partial charge in [-0.1, -0.05) is 70.5 Å². The molecule has 5 rings (SSSR count). The minimum Gasteiger partial charge on any atom is -0.488 e. The van der Waals surface area contributed by atoms with Crippen molar-refractivity contribution in [3.8, 4) is 5.75 Å². The lowest BCUT2D eigenvalue weighted by Gasteiger charge is -2.29. The molecule has 2 heterocycles. The molecule has 36 heavy (non-hydrogen) atoms. The molecule has 0 aromatic heterocycles. The van der Waals surface area contributed by atoms with E-state index in [0.29, 0.717) is 31.0 Å². The van der Waals surface area contributed by atoms with Gasteiger partial charge < -0.3 is 9.64 Å². The molecule has 2 aliphatic rings. The fraction of sp³-hybridized carbons (Fsp3) is 0.179. The van der Waals surface area contributed by atoms with Crippen molar-refractivity contribution in [1.29, 1.82) is 0 Å². The molecule has 0 saturated carbocycles. The van der Waals surface area contributed by atoms with Gasteiger partial charge in [-0.15, -0.1) is 0 Å². The van der Waals surface area contributed by atoms with E-state index in [1.165, 1.54) is 5.56 Å². The highest BCUT2D eigenvalue weighted by Crippen LogP contribution is 2.34. The highest BCUT2D eigenvalue weighted by Gasteiger charge is 2.37. The SMILES string of the molecule is O=C(CN1C(=O)S/C(=C\c2ccccc2OCc2ccc(Br)cc2)C1=O)N1CCc2ccccc2C1. The van der Waals surface area contributed by atoms with E-state index in [0.717, 1.165) is 38.7 Å². The van der Waals surface area contributed by atoms with Gasteiger partial charge in [0.2, 0.25) is 5.91 Å². The van der Waals surface area contributed by atoms with Crippen LogP contribution in [-0.2, 0) is 29.2 Å². The molecule has 3 aromatic carbocycles. The number of imide groups is 1. The third-order valence-corrected chi connectivity index (χ3v) is 7.60. The van der Waals surface area contributed by atoms with E-state index < -0.39 is 11.1 Å². The van der Waals surface area contributed by atoms with Crippen molar-refractivity contribution in [1.82, 2.24) is 9.80 Å². The first-order valence-corrected chi connectivity index (χ1v) is 13.1. The number of halogens is 1. The second-order valence-corrected chi connectivity index (χ2v) is 10.5. The molecule has 1 fully saturated rings. The zero-order valence-corrected chi connectivity index (χ0v) is 21.8. The summed E-state index contributed by atoms with van der Waals surface area (Å²) in [5.41, 5.74) is 4.04. The molecule has 0 radical (unpaired) electrons. The Bertz CT molecular complexity index is 1360. The van der Waals surface area contributed by atoms with Crippen LogP contribution in [0.5, 0.6) is 5.75 Å². The lowest BCUT2D eigenvalue weighted by molar-refractivity contribution is -0.136. The normalized spacial score (nSPS) is 16.4. The molecule has 1 saturated heterocycles. The topological polar surface area (TPSA) is 66.9 Å². The maximum atomic E-state index is 13.1. The molecule has 3 aromatic rings. The minimum atomic E-state index is -0.460. The van der Waals surface area contributed by atoms with E-state index in [1.54, 1.807) is 11.0 Å². The maximum absolute atomic E-state index is 13.1. The quantitative estimate of drug-likeness (QED) is 0.363. The van der Waals surface area contributed by atoms with Gasteiger partial charge in [0.1, 0.15) is 18.9 Å². The van der Waals surface area contributed by atoms with Crippen molar-refractivity contribution in [2.24, 2.45) is 0 Å². The third-order valence-electron chi connectivity index (χ3n) is 6.16. The largest absolute Gasteiger partial charge is 0.488 e. The van der Waals surface area contributed by atoms with Crippen LogP contribution in [0.1, 0.15) is 22.3 Å². The number of benzene rings is 3. The summed E-state index contributed by atoms with van der Waals surface area (Å²) in [6.45, 7) is 1.17. The van der Waals surface area contributed by atoms with Gasteiger partial charge in [0.05, 0.1) is 4.91 Å². The molecule has 8 heteroatoms. The van der Waals surface area contributed by atoms with Crippen LogP contribution in [0, 0.1) is 0 Å². The van der Waals surface area contributed by atoms with Gasteiger partial charge in [-0.25, -0.2) is 0 Å². The predicted molar refractivity (Wildman–Crippen MR) is 143 cm³/mol. The van der Waals surface area contributed by atoms with Crippen LogP contribution in [0.3, 0.4) is 0 Å². The highest BCUT2D eigenvalue weighted by molar-refractivity contribution is 9.10. The Balaban J connectivity index is 1.26. The van der Waals surface area contributed by atoms with Crippen molar-refractivity contribution in [2.45, 2.75) is 19.6 Å². The van der Waals surface area contributed by atoms with Crippen molar-refractivity contribution in [3.05, 3.63) is 104 Å². The molecular weight excluding hydrogens is 540 g/mol. The molecule has 0 atom stereocenters. The first kappa shape index (κ1) is 24.3. The average molecular weight is 563 g/mol. The van der Waals surface area contributed by atoms with Gasteiger partial charge in [0, 0.05) is 23.1 Å². The van der Waals surface area contributed by atoms with Crippen molar-refractivity contribution < 1.29 is 19.1 Å². The first-order chi connectivity index (χ1) is 17.5. The number of ether oxygens (including phenoxy) is 1. The van der Waals surface area contributed by atoms with Gasteiger partial charge in [-0.2, -0.15) is 0 Å². The molecule has 0 unspecified atom stereocenters. The van der Waals surface area contributed by atoms with Gasteiger partial charge in [-0.05, 0) is 59.1 Å². The smallest absolute Gasteiger partial charge is 0.294 e. The Hall–Kier alpha value is -3.36. The zero-order valence-electron chi connectivity index (χ0n) is 19.4. The number of hydrogen-bond acceptors (Lipinski definition) is 5. The molecule has 0 spiro atoms. The van der Waals surface area contributed by atoms with E-state index in [-0.39, 0.29) is 17.4 Å². The number of amides is 3. The molecule has 6 nitrogen and oxygen atoms in total. The number of fused-ring (bicyclic) bond motifs is 1. The summed E-state index contributed by atoms with van der Waals surface area (Å²) in [4.78, 5) is 41.7. The molecule has 182 valence electrons. The van der Waals surface area contributed by atoms with Gasteiger partial charge in [0.15, 0.2) is 0 Å². The zero-order chi connectivity index (χ0) is 25.1. The number of para-hydroxylation sites is 1. The molecule has 0 N–H and O–H groups in total. The molecule has 0 aliphatic carbocycles. The van der Waals surface area contributed by atoms with Crippen LogP contribution >= 0.6 is 27.7 Å². The Labute approximate surface area is 222 Å². The Morgan fingerprint density at radius 3 is 2.50 bits per heavy atom. The number of carbonyl (C=O) groups excluding carboxylic acids is 3. The van der Waals surface area contributed by atoms with Gasteiger partial charge >= 0.3 is 0 Å². The summed E-state index contributed by atoms with van der Waals surface area (Å²) in [7, 11) is 0. The number of rotatable bonds is 6. The van der Waals surface area contributed by atoms with Crippen LogP contribution < -0.4 is 4.74 Å². The first-order valence-electron chi connectivity index (χ1n) is 11.5. The number of carbonyl (C=O) groups is 3. The summed E-state index contributed by atoms with van der Waals surface area (Å²) < 4.78 is 6.99. The van der Waals surface area contributed by atoms with E-state index in [4.69, 9.17) is 4.74 Å². The second kappa shape index (κ2) is 10.7. The van der Waals surface area contributed by atoms with Crippen LogP contribution in [0.25, 0.3) is 6.08 Å². The van der Waals surface area contributed by atoms with Crippen LogP contribution in [0.2, 0.25) is 0 Å². The fourth-order valence-electron chi connectivity index (χ4n) is 4.19.